The molecule has 0 N–H and O–H groups in total. The molecule has 0 bridgehead atoms. The zero-order valence-electron chi connectivity index (χ0n) is 16.3. The van der Waals surface area contributed by atoms with Crippen molar-refractivity contribution < 1.29 is 19.1 Å². The lowest BCUT2D eigenvalue weighted by Crippen LogP contribution is -2.22. The molecule has 0 aliphatic rings. The number of aryl methyl sites for hydroxylation is 2. The Kier molecular flexibility index (Phi) is 5.94. The highest BCUT2D eigenvalue weighted by molar-refractivity contribution is 7.16. The number of ether oxygens (including phenoxy) is 2. The zero-order chi connectivity index (χ0) is 20.3. The van der Waals surface area contributed by atoms with Gasteiger partial charge in [0.2, 0.25) is 0 Å². The Morgan fingerprint density at radius 1 is 1.07 bits per heavy atom. The smallest absolute Gasteiger partial charge is 0.325 e. The van der Waals surface area contributed by atoms with Crippen molar-refractivity contribution in [2.24, 2.45) is 4.99 Å². The van der Waals surface area contributed by atoms with E-state index in [1.807, 2.05) is 50.2 Å². The first-order valence-electron chi connectivity index (χ1n) is 8.79. The van der Waals surface area contributed by atoms with Crippen LogP contribution in [0.15, 0.2) is 41.4 Å². The van der Waals surface area contributed by atoms with Gasteiger partial charge >= 0.3 is 5.97 Å². The molecule has 28 heavy (non-hydrogen) atoms. The fourth-order valence-corrected chi connectivity index (χ4v) is 4.11. The van der Waals surface area contributed by atoms with Crippen LogP contribution in [0.2, 0.25) is 0 Å². The number of amides is 1. The molecule has 0 fully saturated rings. The molecule has 7 heteroatoms. The third kappa shape index (κ3) is 4.31. The minimum absolute atomic E-state index is 0.000555. The minimum Gasteiger partial charge on any atom is -0.496 e. The van der Waals surface area contributed by atoms with Crippen molar-refractivity contribution in [3.05, 3.63) is 57.9 Å². The summed E-state index contributed by atoms with van der Waals surface area (Å²) in [6.45, 7) is 3.96. The molecule has 0 atom stereocenters. The number of aromatic nitrogens is 1. The monoisotopic (exact) mass is 398 g/mol. The van der Waals surface area contributed by atoms with Gasteiger partial charge < -0.3 is 14.0 Å². The summed E-state index contributed by atoms with van der Waals surface area (Å²) < 4.78 is 12.8. The van der Waals surface area contributed by atoms with Crippen molar-refractivity contribution >= 4 is 33.4 Å². The van der Waals surface area contributed by atoms with Crippen LogP contribution in [0.4, 0.5) is 0 Å². The van der Waals surface area contributed by atoms with Gasteiger partial charge in [0.1, 0.15) is 12.3 Å². The highest BCUT2D eigenvalue weighted by atomic mass is 32.1. The number of rotatable bonds is 5. The SMILES string of the molecule is COC(=O)Cn1c(=NC(=O)Cc2cc(C)ccc2OC)sc2cc(C)ccc21. The Morgan fingerprint density at radius 3 is 2.50 bits per heavy atom. The number of nitrogens with zero attached hydrogens (tertiary/aromatic N) is 2. The number of benzene rings is 2. The average molecular weight is 398 g/mol. The lowest BCUT2D eigenvalue weighted by Gasteiger charge is -2.07. The molecule has 0 aliphatic carbocycles. The standard InChI is InChI=1S/C21H22N2O4S/c1-13-6-8-17(26-3)15(9-13)11-19(24)22-21-23(12-20(25)27-4)16-7-5-14(2)10-18(16)28-21/h5-10H,11-12H2,1-4H3. The Labute approximate surface area is 167 Å². The normalized spacial score (nSPS) is 11.6. The summed E-state index contributed by atoms with van der Waals surface area (Å²) in [5.74, 6) is -0.0381. The van der Waals surface area contributed by atoms with E-state index in [0.29, 0.717) is 10.6 Å². The van der Waals surface area contributed by atoms with E-state index in [4.69, 9.17) is 9.47 Å². The summed E-state index contributed by atoms with van der Waals surface area (Å²) in [6.07, 6.45) is 0.121. The number of methoxy groups -OCH3 is 2. The first-order valence-corrected chi connectivity index (χ1v) is 9.61. The molecular formula is C21H22N2O4S. The molecule has 0 saturated heterocycles. The predicted molar refractivity (Wildman–Crippen MR) is 109 cm³/mol. The Morgan fingerprint density at radius 2 is 1.79 bits per heavy atom. The van der Waals surface area contributed by atoms with E-state index in [2.05, 4.69) is 4.99 Å². The predicted octanol–water partition coefficient (Wildman–Crippen LogP) is 3.17. The largest absolute Gasteiger partial charge is 0.496 e. The number of carbonyl (C=O) groups excluding carboxylic acids is 2. The van der Waals surface area contributed by atoms with E-state index in [0.717, 1.165) is 26.9 Å². The Hall–Kier alpha value is -2.93. The summed E-state index contributed by atoms with van der Waals surface area (Å²) in [4.78, 5) is 29.3. The lowest BCUT2D eigenvalue weighted by molar-refractivity contribution is -0.141. The third-order valence-electron chi connectivity index (χ3n) is 4.35. The van der Waals surface area contributed by atoms with Gasteiger partial charge in [-0.1, -0.05) is 35.1 Å². The maximum Gasteiger partial charge on any atom is 0.325 e. The molecule has 0 saturated carbocycles. The van der Waals surface area contributed by atoms with Crippen LogP contribution in [0, 0.1) is 13.8 Å². The summed E-state index contributed by atoms with van der Waals surface area (Å²) >= 11 is 1.38. The number of hydrogen-bond acceptors (Lipinski definition) is 5. The second-order valence-corrected chi connectivity index (χ2v) is 7.52. The number of esters is 1. The molecule has 3 rings (SSSR count). The van der Waals surface area contributed by atoms with Gasteiger partial charge in [0.15, 0.2) is 4.80 Å². The molecule has 1 aromatic heterocycles. The molecule has 0 unspecified atom stereocenters. The second kappa shape index (κ2) is 8.39. The van der Waals surface area contributed by atoms with E-state index < -0.39 is 5.97 Å². The topological polar surface area (TPSA) is 69.9 Å². The maximum atomic E-state index is 12.7. The Bertz CT molecular complexity index is 1110. The van der Waals surface area contributed by atoms with Gasteiger partial charge in [-0.3, -0.25) is 9.59 Å². The van der Waals surface area contributed by atoms with Gasteiger partial charge in [-0.25, -0.2) is 0 Å². The van der Waals surface area contributed by atoms with Crippen molar-refractivity contribution in [2.75, 3.05) is 14.2 Å². The van der Waals surface area contributed by atoms with Gasteiger partial charge in [-0.2, -0.15) is 4.99 Å². The molecule has 3 aromatic rings. The number of hydrogen-bond donors (Lipinski definition) is 0. The quantitative estimate of drug-likeness (QED) is 0.619. The van der Waals surface area contributed by atoms with Crippen LogP contribution in [-0.4, -0.2) is 30.7 Å². The van der Waals surface area contributed by atoms with Crippen LogP contribution >= 0.6 is 11.3 Å². The molecule has 0 aliphatic heterocycles. The first-order chi connectivity index (χ1) is 13.4. The van der Waals surface area contributed by atoms with Gasteiger partial charge in [-0.15, -0.1) is 0 Å². The molecule has 146 valence electrons. The van der Waals surface area contributed by atoms with E-state index in [1.165, 1.54) is 18.4 Å². The number of carbonyl (C=O) groups is 2. The first kappa shape index (κ1) is 19.8. The van der Waals surface area contributed by atoms with Crippen LogP contribution in [0.1, 0.15) is 16.7 Å². The van der Waals surface area contributed by atoms with Crippen LogP contribution in [0.25, 0.3) is 10.2 Å². The average Bonchev–Trinajstić information content (AvgIpc) is 2.97. The maximum absolute atomic E-state index is 12.7. The zero-order valence-corrected chi connectivity index (χ0v) is 17.1. The van der Waals surface area contributed by atoms with Crippen molar-refractivity contribution in [1.29, 1.82) is 0 Å². The molecular weight excluding hydrogens is 376 g/mol. The van der Waals surface area contributed by atoms with Gasteiger partial charge in [0.25, 0.3) is 5.91 Å². The Balaban J connectivity index is 2.03. The highest BCUT2D eigenvalue weighted by Crippen LogP contribution is 2.21. The van der Waals surface area contributed by atoms with Crippen LogP contribution in [-0.2, 0) is 27.3 Å². The van der Waals surface area contributed by atoms with Crippen molar-refractivity contribution in [2.45, 2.75) is 26.8 Å². The molecule has 2 aromatic carbocycles. The lowest BCUT2D eigenvalue weighted by atomic mass is 10.1. The summed E-state index contributed by atoms with van der Waals surface area (Å²) in [6, 6.07) is 11.6. The number of fused-ring (bicyclic) bond motifs is 1. The van der Waals surface area contributed by atoms with Gasteiger partial charge in [-0.05, 0) is 37.6 Å². The van der Waals surface area contributed by atoms with Crippen molar-refractivity contribution in [3.8, 4) is 5.75 Å². The molecule has 1 heterocycles. The summed E-state index contributed by atoms with van der Waals surface area (Å²) in [5.41, 5.74) is 3.77. The van der Waals surface area contributed by atoms with Crippen molar-refractivity contribution in [1.82, 2.24) is 4.57 Å². The van der Waals surface area contributed by atoms with Crippen LogP contribution in [0.5, 0.6) is 5.75 Å². The summed E-state index contributed by atoms with van der Waals surface area (Å²) in [7, 11) is 2.92. The fourth-order valence-electron chi connectivity index (χ4n) is 2.97. The summed E-state index contributed by atoms with van der Waals surface area (Å²) in [5, 5.41) is 0. The van der Waals surface area contributed by atoms with Crippen LogP contribution < -0.4 is 9.54 Å². The number of thiazole rings is 1. The highest BCUT2D eigenvalue weighted by Gasteiger charge is 2.13. The molecule has 0 spiro atoms. The minimum atomic E-state index is -0.394. The fraction of sp³-hybridized carbons (Fsp3) is 0.286. The molecule has 0 radical (unpaired) electrons. The van der Waals surface area contributed by atoms with Crippen LogP contribution in [0.3, 0.4) is 0 Å². The third-order valence-corrected chi connectivity index (χ3v) is 5.39. The van der Waals surface area contributed by atoms with Gasteiger partial charge in [0.05, 0.1) is 30.9 Å². The van der Waals surface area contributed by atoms with E-state index in [9.17, 15) is 9.59 Å². The van der Waals surface area contributed by atoms with Gasteiger partial charge in [0, 0.05) is 5.56 Å². The molecule has 6 nitrogen and oxygen atoms in total. The van der Waals surface area contributed by atoms with E-state index in [-0.39, 0.29) is 18.9 Å². The second-order valence-electron chi connectivity index (χ2n) is 6.52. The molecule has 1 amide bonds. The van der Waals surface area contributed by atoms with E-state index >= 15 is 0 Å². The van der Waals surface area contributed by atoms with E-state index in [1.54, 1.807) is 11.7 Å². The van der Waals surface area contributed by atoms with Crippen molar-refractivity contribution in [3.63, 3.8) is 0 Å².